The molecule has 4 aromatic carbocycles. The summed E-state index contributed by atoms with van der Waals surface area (Å²) in [5.74, 6) is 0. The van der Waals surface area contributed by atoms with E-state index in [9.17, 15) is 0 Å². The molecule has 1 radical (unpaired) electrons. The maximum Gasteiger partial charge on any atom is 0.116 e. The molecule has 0 saturated carbocycles. The van der Waals surface area contributed by atoms with Gasteiger partial charge in [0.1, 0.15) is 31.0 Å². The molecule has 5 nitrogen and oxygen atoms in total. The van der Waals surface area contributed by atoms with Gasteiger partial charge in [-0.2, -0.15) is 0 Å². The van der Waals surface area contributed by atoms with E-state index in [0.717, 1.165) is 22.3 Å². The van der Waals surface area contributed by atoms with Gasteiger partial charge in [0.2, 0.25) is 0 Å². The van der Waals surface area contributed by atoms with Gasteiger partial charge in [-0.15, -0.1) is 0 Å². The molecular formula is C34H35O5. The van der Waals surface area contributed by atoms with Crippen molar-refractivity contribution in [1.29, 1.82) is 0 Å². The summed E-state index contributed by atoms with van der Waals surface area (Å²) in [4.78, 5) is 0. The molecule has 0 amide bonds. The zero-order valence-corrected chi connectivity index (χ0v) is 22.0. The number of ether oxygens (including phenoxy) is 5. The summed E-state index contributed by atoms with van der Waals surface area (Å²) in [5.41, 5.74) is 4.37. The maximum atomic E-state index is 6.55. The Morgan fingerprint density at radius 3 is 1.36 bits per heavy atom. The van der Waals surface area contributed by atoms with Crippen molar-refractivity contribution in [3.05, 3.63) is 150 Å². The predicted molar refractivity (Wildman–Crippen MR) is 150 cm³/mol. The maximum absolute atomic E-state index is 6.55. The van der Waals surface area contributed by atoms with Crippen molar-refractivity contribution in [2.45, 2.75) is 50.8 Å². The molecule has 39 heavy (non-hydrogen) atoms. The first-order valence-corrected chi connectivity index (χ1v) is 13.4. The molecule has 1 aliphatic rings. The van der Waals surface area contributed by atoms with E-state index in [-0.39, 0.29) is 6.10 Å². The minimum absolute atomic E-state index is 0.352. The van der Waals surface area contributed by atoms with E-state index in [1.807, 2.05) is 84.9 Å². The third kappa shape index (κ3) is 8.33. The zero-order valence-electron chi connectivity index (χ0n) is 22.0. The van der Waals surface area contributed by atoms with E-state index in [1.165, 1.54) is 0 Å². The van der Waals surface area contributed by atoms with E-state index in [0.29, 0.717) is 33.0 Å². The summed E-state index contributed by atoms with van der Waals surface area (Å²) >= 11 is 0. The average molecular weight is 524 g/mol. The van der Waals surface area contributed by atoms with Crippen LogP contribution in [0.5, 0.6) is 0 Å². The summed E-state index contributed by atoms with van der Waals surface area (Å²) < 4.78 is 31.8. The fourth-order valence-corrected chi connectivity index (χ4v) is 4.56. The van der Waals surface area contributed by atoms with Crippen LogP contribution in [0.1, 0.15) is 22.3 Å². The highest BCUT2D eigenvalue weighted by Crippen LogP contribution is 2.29. The van der Waals surface area contributed by atoms with Crippen LogP contribution in [0.2, 0.25) is 0 Å². The summed E-state index contributed by atoms with van der Waals surface area (Å²) in [7, 11) is 0. The Morgan fingerprint density at radius 2 is 0.872 bits per heavy atom. The molecule has 4 aromatic rings. The Hall–Kier alpha value is -3.32. The molecule has 0 bridgehead atoms. The van der Waals surface area contributed by atoms with Gasteiger partial charge in [-0.1, -0.05) is 121 Å². The van der Waals surface area contributed by atoms with E-state index in [2.05, 4.69) is 36.4 Å². The molecule has 0 spiro atoms. The molecule has 0 aliphatic carbocycles. The summed E-state index contributed by atoms with van der Waals surface area (Å²) in [6, 6.07) is 40.5. The first-order chi connectivity index (χ1) is 19.3. The second kappa shape index (κ2) is 14.7. The van der Waals surface area contributed by atoms with Gasteiger partial charge in [0.05, 0.1) is 33.0 Å². The SMILES string of the molecule is [CH]1O[C@@H](COCc2ccccc2)[C@H](OCc2ccccc2)[C@@H](OCc2ccccc2)[C@@H]1OCc1ccccc1. The summed E-state index contributed by atoms with van der Waals surface area (Å²) in [6.45, 7) is 3.92. The standard InChI is InChI=1S/C34H35O5/c1-5-13-27(14-6-1)21-35-25-31-33(38-23-29-17-9-3-10-18-29)34(39-24-30-19-11-4-12-20-30)32(26-37-31)36-22-28-15-7-2-8-16-28/h1-20,26,31-34H,21-25H2/t31-,32+,33-,34-/m0/s1. The third-order valence-corrected chi connectivity index (χ3v) is 6.65. The van der Waals surface area contributed by atoms with Gasteiger partial charge in [0.15, 0.2) is 0 Å². The largest absolute Gasteiger partial charge is 0.374 e. The minimum atomic E-state index is -0.417. The van der Waals surface area contributed by atoms with Crippen LogP contribution in [-0.2, 0) is 50.1 Å². The number of hydrogen-bond donors (Lipinski definition) is 0. The van der Waals surface area contributed by atoms with Crippen LogP contribution in [0.25, 0.3) is 0 Å². The summed E-state index contributed by atoms with van der Waals surface area (Å²) in [5, 5.41) is 0. The number of benzene rings is 4. The molecule has 1 fully saturated rings. The molecule has 1 heterocycles. The Balaban J connectivity index is 1.32. The highest BCUT2D eigenvalue weighted by Gasteiger charge is 2.43. The topological polar surface area (TPSA) is 46.2 Å². The predicted octanol–water partition coefficient (Wildman–Crippen LogP) is 6.52. The van der Waals surface area contributed by atoms with Crippen molar-refractivity contribution < 1.29 is 23.7 Å². The smallest absolute Gasteiger partial charge is 0.116 e. The van der Waals surface area contributed by atoms with E-state index < -0.39 is 18.3 Å². The first-order valence-electron chi connectivity index (χ1n) is 13.4. The van der Waals surface area contributed by atoms with Crippen LogP contribution in [-0.4, -0.2) is 31.0 Å². The van der Waals surface area contributed by atoms with Gasteiger partial charge < -0.3 is 23.7 Å². The number of rotatable bonds is 13. The van der Waals surface area contributed by atoms with Crippen LogP contribution >= 0.6 is 0 Å². The Bertz CT molecular complexity index is 1200. The Kier molecular flexibility index (Phi) is 10.3. The first kappa shape index (κ1) is 27.3. The van der Waals surface area contributed by atoms with Crippen LogP contribution in [0, 0.1) is 6.61 Å². The third-order valence-electron chi connectivity index (χ3n) is 6.65. The highest BCUT2D eigenvalue weighted by atomic mass is 16.6. The molecule has 201 valence electrons. The van der Waals surface area contributed by atoms with Crippen LogP contribution in [0.15, 0.2) is 121 Å². The average Bonchev–Trinajstić information content (AvgIpc) is 3.00. The lowest BCUT2D eigenvalue weighted by molar-refractivity contribution is -0.227. The van der Waals surface area contributed by atoms with Crippen LogP contribution in [0.3, 0.4) is 0 Å². The van der Waals surface area contributed by atoms with Crippen LogP contribution in [0.4, 0.5) is 0 Å². The molecule has 0 aromatic heterocycles. The van der Waals surface area contributed by atoms with Crippen LogP contribution < -0.4 is 0 Å². The molecule has 5 heteroatoms. The lowest BCUT2D eigenvalue weighted by Gasteiger charge is -2.41. The molecule has 0 unspecified atom stereocenters. The zero-order chi connectivity index (χ0) is 26.5. The summed E-state index contributed by atoms with van der Waals surface area (Å²) in [6.07, 6.45) is -1.57. The minimum Gasteiger partial charge on any atom is -0.374 e. The quantitative estimate of drug-likeness (QED) is 0.200. The second-order valence-corrected chi connectivity index (χ2v) is 9.59. The van der Waals surface area contributed by atoms with Gasteiger partial charge >= 0.3 is 0 Å². The van der Waals surface area contributed by atoms with Crippen molar-refractivity contribution in [3.63, 3.8) is 0 Å². The molecule has 4 atom stereocenters. The van der Waals surface area contributed by atoms with Crippen molar-refractivity contribution in [2.24, 2.45) is 0 Å². The lowest BCUT2D eigenvalue weighted by atomic mass is 9.99. The molecular weight excluding hydrogens is 488 g/mol. The van der Waals surface area contributed by atoms with E-state index >= 15 is 0 Å². The Labute approximate surface area is 231 Å². The molecule has 0 N–H and O–H groups in total. The second-order valence-electron chi connectivity index (χ2n) is 9.59. The van der Waals surface area contributed by atoms with E-state index in [4.69, 9.17) is 23.7 Å². The normalized spacial score (nSPS) is 21.0. The van der Waals surface area contributed by atoms with Gasteiger partial charge in [-0.3, -0.25) is 0 Å². The van der Waals surface area contributed by atoms with Gasteiger partial charge in [-0.05, 0) is 22.3 Å². The van der Waals surface area contributed by atoms with Crippen molar-refractivity contribution in [2.75, 3.05) is 6.61 Å². The lowest BCUT2D eigenvalue weighted by Crippen LogP contribution is -2.55. The molecule has 5 rings (SSSR count). The molecule has 1 aliphatic heterocycles. The van der Waals surface area contributed by atoms with Gasteiger partial charge in [-0.25, -0.2) is 0 Å². The van der Waals surface area contributed by atoms with E-state index in [1.54, 1.807) is 6.61 Å². The number of hydrogen-bond acceptors (Lipinski definition) is 5. The molecule has 1 saturated heterocycles. The van der Waals surface area contributed by atoms with Crippen molar-refractivity contribution >= 4 is 0 Å². The fraction of sp³-hybridized carbons (Fsp3) is 0.265. The Morgan fingerprint density at radius 1 is 0.462 bits per heavy atom. The van der Waals surface area contributed by atoms with Gasteiger partial charge in [0.25, 0.3) is 0 Å². The van der Waals surface area contributed by atoms with Crippen molar-refractivity contribution in [3.8, 4) is 0 Å². The van der Waals surface area contributed by atoms with Crippen molar-refractivity contribution in [1.82, 2.24) is 0 Å². The monoisotopic (exact) mass is 523 g/mol. The fourth-order valence-electron chi connectivity index (χ4n) is 4.56. The van der Waals surface area contributed by atoms with Gasteiger partial charge in [0, 0.05) is 0 Å². The highest BCUT2D eigenvalue weighted by molar-refractivity contribution is 5.16.